The van der Waals surface area contributed by atoms with Crippen LogP contribution in [0.1, 0.15) is 55.9 Å². The minimum Gasteiger partial charge on any atom is -0.461 e. The second-order valence-electron chi connectivity index (χ2n) is 27.3. The summed E-state index contributed by atoms with van der Waals surface area (Å²) in [5.74, 6) is -0.295. The summed E-state index contributed by atoms with van der Waals surface area (Å²) in [5.41, 5.74) is 7.83. The molecule has 0 unspecified atom stereocenters. The Morgan fingerprint density at radius 2 is 0.500 bits per heavy atom. The van der Waals surface area contributed by atoms with Gasteiger partial charge in [-0.25, -0.2) is 0 Å². The van der Waals surface area contributed by atoms with Crippen LogP contribution in [-0.4, -0.2) is 12.6 Å². The van der Waals surface area contributed by atoms with Crippen LogP contribution in [-0.2, 0) is 20.4 Å². The molecule has 28 aromatic rings. The monoisotopic (exact) mass is 914 g/mol. The Morgan fingerprint density at radius 3 is 0.689 bits per heavy atom. The molecule has 1 fully saturated rings. The molecular weight excluding hydrogens is 897 g/mol. The topological polar surface area (TPSA) is 26.3 Å². The first-order valence-corrected chi connectivity index (χ1v) is 27.8. The van der Waals surface area contributed by atoms with Crippen LogP contribution >= 0.6 is 0 Å². The van der Waals surface area contributed by atoms with Crippen molar-refractivity contribution in [3.63, 3.8) is 0 Å². The first kappa shape index (κ1) is 29.2. The van der Waals surface area contributed by atoms with Crippen LogP contribution in [0, 0.1) is 5.92 Å². The van der Waals surface area contributed by atoms with Crippen molar-refractivity contribution in [2.75, 3.05) is 6.61 Å². The Hall–Kier alpha value is -8.59. The van der Waals surface area contributed by atoms with Crippen LogP contribution in [0.15, 0.2) is 23.3 Å². The number of ether oxygens (including phenoxy) is 1. The molecule has 0 amide bonds. The van der Waals surface area contributed by atoms with Crippen molar-refractivity contribution >= 4 is 297 Å². The zero-order chi connectivity index (χ0) is 45.0. The molecule has 2 nitrogen and oxygen atoms in total. The van der Waals surface area contributed by atoms with Gasteiger partial charge in [0, 0.05) is 0 Å². The molecule has 28 aromatic carbocycles. The van der Waals surface area contributed by atoms with E-state index in [0.29, 0.717) is 6.61 Å². The Balaban J connectivity index is 1.01. The predicted molar refractivity (Wildman–Crippen MR) is 311 cm³/mol. The zero-order valence-electron chi connectivity index (χ0n) is 39.2. The van der Waals surface area contributed by atoms with E-state index in [0.717, 1.165) is 12.8 Å². The van der Waals surface area contributed by atoms with Crippen molar-refractivity contribution in [2.24, 2.45) is 5.92 Å². The molecule has 2 spiro atoms. The van der Waals surface area contributed by atoms with Crippen LogP contribution in [0.3, 0.4) is 0 Å². The lowest BCUT2D eigenvalue weighted by Crippen LogP contribution is -2.27. The van der Waals surface area contributed by atoms with Gasteiger partial charge in [-0.15, -0.1) is 0 Å². The van der Waals surface area contributed by atoms with Crippen molar-refractivity contribution in [2.45, 2.75) is 44.4 Å². The highest BCUT2D eigenvalue weighted by Crippen LogP contribution is 2.92. The Kier molecular flexibility index (Phi) is 2.68. The fourth-order valence-electron chi connectivity index (χ4n) is 25.8. The summed E-state index contributed by atoms with van der Waals surface area (Å²) in [4.78, 5) is 16.5. The van der Waals surface area contributed by atoms with E-state index in [4.69, 9.17) is 4.74 Å². The highest BCUT2D eigenvalue weighted by atomic mass is 16.5. The highest BCUT2D eigenvalue weighted by Gasteiger charge is 2.89. The number of rotatable bonds is 6. The van der Waals surface area contributed by atoms with Gasteiger partial charge in [0.2, 0.25) is 0 Å². The second kappa shape index (κ2) is 6.78. The third-order valence-electron chi connectivity index (χ3n) is 26.2. The van der Waals surface area contributed by atoms with Crippen LogP contribution in [0.2, 0.25) is 0 Å². The molecule has 0 aromatic heterocycles. The molecular formula is C72H18O2. The molecule has 0 saturated heterocycles. The fourth-order valence-corrected chi connectivity index (χ4v) is 25.8. The molecule has 74 heavy (non-hydrogen) atoms. The van der Waals surface area contributed by atoms with Crippen molar-refractivity contribution in [1.29, 1.82) is 0 Å². The summed E-state index contributed by atoms with van der Waals surface area (Å²) in [6.07, 6.45) is 6.57. The summed E-state index contributed by atoms with van der Waals surface area (Å²) >= 11 is 0. The number of benzene rings is 18. The first-order chi connectivity index (χ1) is 36.6. The van der Waals surface area contributed by atoms with Gasteiger partial charge in [0.05, 0.1) is 16.7 Å². The van der Waals surface area contributed by atoms with Crippen molar-refractivity contribution in [3.8, 4) is 0 Å². The van der Waals surface area contributed by atoms with Gasteiger partial charge in [-0.1, -0.05) is 17.2 Å². The number of esters is 1. The Morgan fingerprint density at radius 1 is 0.311 bits per heavy atom. The van der Waals surface area contributed by atoms with E-state index in [2.05, 4.69) is 32.9 Å². The standard InChI is InChI=1S/C72H18O2/c1-9(2)5-4-6-10(3)7-8-74-70(73)69-71-65-57-49-39-29-21-13-11-12-15-19-17(13)25-33-27(19)37-31-23(15)24-16(12)20-18-14(11)22(21)30-36-26(18)34-28(20)38-32(24)42-41(31)51-45(37)55-47(33)53(43(49)35(25)29)61(65)63(55)67-59(51)60-52(42)46(38)56-48(34)54-44(36)50(40(30)39)58(57)66(71)62(54)64(56)68(60)72(67,69)71/h5,7,69H,4,6,8H2,1-3H3/b10-7+. The Labute approximate surface area is 406 Å². The largest absolute Gasteiger partial charge is 0.461 e. The number of hydrogen-bond acceptors (Lipinski definition) is 2. The molecule has 5 aliphatic carbocycles. The molecule has 33 rings (SSSR count). The summed E-state index contributed by atoms with van der Waals surface area (Å²) < 4.78 is 6.97. The normalized spacial score (nSPS) is 22.8. The average molecular weight is 915 g/mol. The molecule has 0 N–H and O–H groups in total. The van der Waals surface area contributed by atoms with Gasteiger partial charge < -0.3 is 4.74 Å². The van der Waals surface area contributed by atoms with E-state index in [1.54, 1.807) is 313 Å². The first-order valence-electron chi connectivity index (χ1n) is 27.8. The molecule has 1 saturated carbocycles. The van der Waals surface area contributed by atoms with Gasteiger partial charge in [0.25, 0.3) is 0 Å². The van der Waals surface area contributed by atoms with Gasteiger partial charge >= 0.3 is 5.97 Å². The summed E-state index contributed by atoms with van der Waals surface area (Å²) in [6.45, 7) is 6.94. The predicted octanol–water partition coefficient (Wildman–Crippen LogP) is 19.2. The van der Waals surface area contributed by atoms with Crippen LogP contribution < -0.4 is 0 Å². The van der Waals surface area contributed by atoms with E-state index in [1.807, 2.05) is 0 Å². The maximum absolute atomic E-state index is 16.5. The maximum atomic E-state index is 16.5. The number of carbonyl (C=O) groups excluding carboxylic acids is 1. The lowest BCUT2D eigenvalue weighted by atomic mass is 9.68. The Bertz CT molecular complexity index is 6860. The fraction of sp³-hybridized carbons (Fsp3) is 0.125. The third-order valence-corrected chi connectivity index (χ3v) is 26.2. The van der Waals surface area contributed by atoms with E-state index >= 15 is 4.79 Å². The molecule has 0 radical (unpaired) electrons. The lowest BCUT2D eigenvalue weighted by molar-refractivity contribution is -0.144. The molecule has 0 atom stereocenters. The SMILES string of the molecule is CC(C)=CCC/C(C)=C/COC(=O)C1C23c4c5c6c7c8c9c(c%10c%11c2c2c4c4c%12c5c5c6c6c8c8c%13c9c9c%10c%10c%11c%11c2c2c4c4c%12c%12c5c5c6c8c6c8c%13c9c9c%10c%10c%11c2c2c4c4c%12c5c6c5c8c9c%10c2c45)C713. The van der Waals surface area contributed by atoms with E-state index in [1.165, 1.54) is 11.1 Å². The van der Waals surface area contributed by atoms with Crippen molar-refractivity contribution in [1.82, 2.24) is 0 Å². The van der Waals surface area contributed by atoms with Crippen LogP contribution in [0.4, 0.5) is 0 Å². The maximum Gasteiger partial charge on any atom is 0.311 e. The average Bonchev–Trinajstić information content (AvgIpc) is 4.16. The quantitative estimate of drug-likeness (QED) is 0.0944. The molecule has 318 valence electrons. The minimum atomic E-state index is -0.530. The molecule has 2 heteroatoms. The van der Waals surface area contributed by atoms with E-state index < -0.39 is 10.8 Å². The molecule has 0 heterocycles. The van der Waals surface area contributed by atoms with Crippen molar-refractivity contribution < 1.29 is 9.53 Å². The molecule has 0 aliphatic heterocycles. The molecule has 0 bridgehead atoms. The van der Waals surface area contributed by atoms with Gasteiger partial charge in [0.1, 0.15) is 6.61 Å². The van der Waals surface area contributed by atoms with Gasteiger partial charge in [-0.2, -0.15) is 0 Å². The van der Waals surface area contributed by atoms with Crippen LogP contribution in [0.25, 0.3) is 291 Å². The number of allylic oxidation sites excluding steroid dienone is 3. The second-order valence-corrected chi connectivity index (χ2v) is 27.3. The van der Waals surface area contributed by atoms with Gasteiger partial charge in [0.15, 0.2) is 0 Å². The number of carbonyl (C=O) groups is 1. The van der Waals surface area contributed by atoms with Gasteiger partial charge in [-0.3, -0.25) is 4.79 Å². The zero-order valence-corrected chi connectivity index (χ0v) is 39.2. The molecule has 5 aliphatic rings. The van der Waals surface area contributed by atoms with E-state index in [-0.39, 0.29) is 11.9 Å². The van der Waals surface area contributed by atoms with Crippen molar-refractivity contribution in [3.05, 3.63) is 45.6 Å². The smallest absolute Gasteiger partial charge is 0.311 e. The van der Waals surface area contributed by atoms with Crippen LogP contribution in [0.5, 0.6) is 0 Å². The summed E-state index contributed by atoms with van der Waals surface area (Å²) in [6, 6.07) is 0. The lowest BCUT2D eigenvalue weighted by Gasteiger charge is -2.32. The minimum absolute atomic E-state index is 0.0355. The van der Waals surface area contributed by atoms with Gasteiger partial charge in [-0.05, 0) is 353 Å². The van der Waals surface area contributed by atoms with E-state index in [9.17, 15) is 0 Å². The summed E-state index contributed by atoms with van der Waals surface area (Å²) in [5, 5.41) is 86.0. The summed E-state index contributed by atoms with van der Waals surface area (Å²) in [7, 11) is 0. The highest BCUT2D eigenvalue weighted by molar-refractivity contribution is 6.82. The third kappa shape index (κ3) is 1.62. The number of hydrogen-bond donors (Lipinski definition) is 0.